The fourth-order valence-corrected chi connectivity index (χ4v) is 7.22. The lowest BCUT2D eigenvalue weighted by atomic mass is 9.97. The number of likely N-dealkylation sites (tertiary alicyclic amines) is 2. The molecule has 39 heavy (non-hydrogen) atoms. The van der Waals surface area contributed by atoms with Crippen LogP contribution in [0.2, 0.25) is 0 Å². The molecule has 1 aromatic heterocycles. The molecule has 2 fully saturated rings. The Bertz CT molecular complexity index is 1400. The second-order valence-electron chi connectivity index (χ2n) is 10.8. The summed E-state index contributed by atoms with van der Waals surface area (Å²) in [6.07, 6.45) is 5.99. The summed E-state index contributed by atoms with van der Waals surface area (Å²) in [6.45, 7) is 7.39. The van der Waals surface area contributed by atoms with Crippen molar-refractivity contribution < 1.29 is 14.6 Å². The molecule has 0 saturated carbocycles. The molecule has 0 atom stereocenters. The zero-order chi connectivity index (χ0) is 26.6. The highest BCUT2D eigenvalue weighted by Crippen LogP contribution is 2.42. The predicted molar refractivity (Wildman–Crippen MR) is 160 cm³/mol. The van der Waals surface area contributed by atoms with Crippen LogP contribution in [0.3, 0.4) is 0 Å². The van der Waals surface area contributed by atoms with E-state index in [1.165, 1.54) is 84.4 Å². The molecule has 0 aliphatic carbocycles. The van der Waals surface area contributed by atoms with E-state index in [1.807, 2.05) is 6.07 Å². The number of fused-ring (bicyclic) bond motifs is 1. The molecule has 0 radical (unpaired) electrons. The van der Waals surface area contributed by atoms with Gasteiger partial charge in [-0.2, -0.15) is 0 Å². The molecule has 2 saturated heterocycles. The van der Waals surface area contributed by atoms with Crippen molar-refractivity contribution in [1.82, 2.24) is 9.80 Å². The summed E-state index contributed by atoms with van der Waals surface area (Å²) in [4.78, 5) is 6.22. The van der Waals surface area contributed by atoms with E-state index in [-0.39, 0.29) is 0 Å². The quantitative estimate of drug-likeness (QED) is 0.235. The molecule has 3 aromatic carbocycles. The molecule has 4 aromatic rings. The number of hydrogen-bond donors (Lipinski definition) is 1. The topological polar surface area (TPSA) is 45.2 Å². The second kappa shape index (κ2) is 12.0. The van der Waals surface area contributed by atoms with Crippen LogP contribution in [-0.4, -0.2) is 61.3 Å². The van der Waals surface area contributed by atoms with Crippen LogP contribution in [0.15, 0.2) is 60.7 Å². The summed E-state index contributed by atoms with van der Waals surface area (Å²) in [5.41, 5.74) is 4.94. The monoisotopic (exact) mass is 542 g/mol. The number of thiophene rings is 1. The van der Waals surface area contributed by atoms with E-state index in [4.69, 9.17) is 9.47 Å². The van der Waals surface area contributed by atoms with E-state index >= 15 is 0 Å². The van der Waals surface area contributed by atoms with Crippen LogP contribution in [0.4, 0.5) is 0 Å². The lowest BCUT2D eigenvalue weighted by Gasteiger charge is -2.18. The first-order valence-electron chi connectivity index (χ1n) is 14.2. The molecule has 2 aliphatic rings. The van der Waals surface area contributed by atoms with E-state index in [1.54, 1.807) is 24.5 Å². The van der Waals surface area contributed by atoms with E-state index < -0.39 is 0 Å². The molecular formula is C33H38N2O3S. The van der Waals surface area contributed by atoms with Gasteiger partial charge in [0.1, 0.15) is 23.9 Å². The highest BCUT2D eigenvalue weighted by molar-refractivity contribution is 7.22. The number of phenols is 1. The zero-order valence-electron chi connectivity index (χ0n) is 22.8. The molecule has 2 aliphatic heterocycles. The molecule has 204 valence electrons. The highest BCUT2D eigenvalue weighted by atomic mass is 32.1. The summed E-state index contributed by atoms with van der Waals surface area (Å²) in [7, 11) is 1.77. The van der Waals surface area contributed by atoms with Crippen molar-refractivity contribution in [3.8, 4) is 27.7 Å². The smallest absolute Gasteiger partial charge is 0.123 e. The van der Waals surface area contributed by atoms with Gasteiger partial charge < -0.3 is 14.6 Å². The molecule has 3 heterocycles. The molecule has 6 rings (SSSR count). The minimum absolute atomic E-state index is 0.302. The Kier molecular flexibility index (Phi) is 8.05. The summed E-state index contributed by atoms with van der Waals surface area (Å²) in [5.74, 6) is 2.18. The SMILES string of the molecule is COc1cc(Cc2c(-c3ccc(OCCN4CCCC4)cc3)sc3cc(O)ccc23)ccc1CN1CCCC1. The summed E-state index contributed by atoms with van der Waals surface area (Å²) < 4.78 is 13.0. The first-order valence-corrected chi connectivity index (χ1v) is 15.1. The number of rotatable bonds is 10. The van der Waals surface area contributed by atoms with Crippen LogP contribution in [0, 0.1) is 0 Å². The maximum absolute atomic E-state index is 10.2. The van der Waals surface area contributed by atoms with Gasteiger partial charge in [0, 0.05) is 28.2 Å². The van der Waals surface area contributed by atoms with Crippen LogP contribution in [0.5, 0.6) is 17.2 Å². The number of hydrogen-bond acceptors (Lipinski definition) is 6. The molecule has 0 amide bonds. The van der Waals surface area contributed by atoms with Gasteiger partial charge in [0.2, 0.25) is 0 Å². The van der Waals surface area contributed by atoms with Crippen LogP contribution < -0.4 is 9.47 Å². The van der Waals surface area contributed by atoms with Crippen molar-refractivity contribution in [2.75, 3.05) is 46.4 Å². The van der Waals surface area contributed by atoms with Gasteiger partial charge in [0.15, 0.2) is 0 Å². The van der Waals surface area contributed by atoms with Crippen molar-refractivity contribution in [2.24, 2.45) is 0 Å². The number of nitrogens with zero attached hydrogens (tertiary/aromatic N) is 2. The molecule has 6 heteroatoms. The maximum atomic E-state index is 10.2. The third-order valence-corrected chi connectivity index (χ3v) is 9.34. The lowest BCUT2D eigenvalue weighted by molar-refractivity contribution is 0.238. The average Bonchev–Trinajstić information content (AvgIpc) is 3.72. The number of benzene rings is 3. The van der Waals surface area contributed by atoms with Gasteiger partial charge in [-0.25, -0.2) is 0 Å². The Morgan fingerprint density at radius 3 is 2.33 bits per heavy atom. The first kappa shape index (κ1) is 26.2. The molecule has 0 spiro atoms. The largest absolute Gasteiger partial charge is 0.508 e. The van der Waals surface area contributed by atoms with E-state index in [9.17, 15) is 5.11 Å². The fraction of sp³-hybridized carbons (Fsp3) is 0.394. The minimum Gasteiger partial charge on any atom is -0.508 e. The van der Waals surface area contributed by atoms with E-state index in [2.05, 4.69) is 58.3 Å². The highest BCUT2D eigenvalue weighted by Gasteiger charge is 2.18. The van der Waals surface area contributed by atoms with E-state index in [0.717, 1.165) is 42.3 Å². The van der Waals surface area contributed by atoms with Gasteiger partial charge in [-0.05, 0) is 129 Å². The maximum Gasteiger partial charge on any atom is 0.123 e. The van der Waals surface area contributed by atoms with Gasteiger partial charge in [0.25, 0.3) is 0 Å². The third kappa shape index (κ3) is 6.08. The summed E-state index contributed by atoms with van der Waals surface area (Å²) in [5, 5.41) is 11.4. The summed E-state index contributed by atoms with van der Waals surface area (Å²) >= 11 is 1.74. The predicted octanol–water partition coefficient (Wildman–Crippen LogP) is 6.94. The van der Waals surface area contributed by atoms with Crippen molar-refractivity contribution in [2.45, 2.75) is 38.6 Å². The van der Waals surface area contributed by atoms with Crippen LogP contribution in [0.1, 0.15) is 42.4 Å². The molecule has 5 nitrogen and oxygen atoms in total. The van der Waals surface area contributed by atoms with Gasteiger partial charge in [-0.1, -0.05) is 12.1 Å². The average molecular weight is 543 g/mol. The Balaban J connectivity index is 1.24. The van der Waals surface area contributed by atoms with Gasteiger partial charge >= 0.3 is 0 Å². The number of methoxy groups -OCH3 is 1. The van der Waals surface area contributed by atoms with Gasteiger partial charge in [-0.3, -0.25) is 9.80 Å². The van der Waals surface area contributed by atoms with Crippen molar-refractivity contribution >= 4 is 21.4 Å². The van der Waals surface area contributed by atoms with Gasteiger partial charge in [-0.15, -0.1) is 11.3 Å². The Morgan fingerprint density at radius 1 is 0.846 bits per heavy atom. The standard InChI is InChI=1S/C33H38N2O3S/c1-37-31-21-24(6-7-26(31)23-35-16-4-5-17-35)20-30-29-13-10-27(36)22-32(29)39-33(30)25-8-11-28(12-9-25)38-19-18-34-14-2-3-15-34/h6-13,21-22,36H,2-5,14-20,23H2,1H3. The molecule has 0 bridgehead atoms. The van der Waals surface area contributed by atoms with Gasteiger partial charge in [0.05, 0.1) is 7.11 Å². The van der Waals surface area contributed by atoms with E-state index in [0.29, 0.717) is 5.75 Å². The normalized spacial score (nSPS) is 16.3. The van der Waals surface area contributed by atoms with Crippen LogP contribution in [-0.2, 0) is 13.0 Å². The number of aromatic hydroxyl groups is 1. The van der Waals surface area contributed by atoms with Crippen molar-refractivity contribution in [3.63, 3.8) is 0 Å². The zero-order valence-corrected chi connectivity index (χ0v) is 23.6. The van der Waals surface area contributed by atoms with Crippen LogP contribution >= 0.6 is 11.3 Å². The Labute approximate surface area is 235 Å². The first-order chi connectivity index (χ1) is 19.2. The van der Waals surface area contributed by atoms with Crippen molar-refractivity contribution in [1.29, 1.82) is 0 Å². The minimum atomic E-state index is 0.302. The Morgan fingerprint density at radius 2 is 1.59 bits per heavy atom. The van der Waals surface area contributed by atoms with Crippen LogP contribution in [0.25, 0.3) is 20.5 Å². The number of ether oxygens (including phenoxy) is 2. The Hall–Kier alpha value is -3.06. The molecule has 1 N–H and O–H groups in total. The second-order valence-corrected chi connectivity index (χ2v) is 11.9. The third-order valence-electron chi connectivity index (χ3n) is 8.09. The summed E-state index contributed by atoms with van der Waals surface area (Å²) in [6, 6.07) is 20.9. The van der Waals surface area contributed by atoms with Crippen molar-refractivity contribution in [3.05, 3.63) is 77.4 Å². The number of phenolic OH excluding ortho intramolecular Hbond substituents is 1. The molecular weight excluding hydrogens is 504 g/mol. The lowest BCUT2D eigenvalue weighted by Crippen LogP contribution is -2.25. The molecule has 0 unspecified atom stereocenters. The fourth-order valence-electron chi connectivity index (χ4n) is 5.96.